The van der Waals surface area contributed by atoms with Gasteiger partial charge in [0.25, 0.3) is 0 Å². The third-order valence-corrected chi connectivity index (χ3v) is 11.0. The molecule has 0 saturated heterocycles. The molecule has 0 aromatic heterocycles. The maximum atomic E-state index is 12.7. The highest BCUT2D eigenvalue weighted by molar-refractivity contribution is 5.71. The Morgan fingerprint density at radius 1 is 0.313 bits per heavy atom. The lowest BCUT2D eigenvalue weighted by molar-refractivity contribution is -0.166. The van der Waals surface area contributed by atoms with E-state index in [1.807, 2.05) is 12.2 Å². The Labute approximate surface area is 412 Å². The number of allylic oxidation sites excluding steroid dienone is 20. The minimum atomic E-state index is -0.819. The van der Waals surface area contributed by atoms with Gasteiger partial charge in [-0.25, -0.2) is 0 Å². The molecule has 0 amide bonds. The first-order chi connectivity index (χ1) is 33.0. The van der Waals surface area contributed by atoms with Crippen molar-refractivity contribution in [1.82, 2.24) is 0 Å². The molecule has 0 heterocycles. The van der Waals surface area contributed by atoms with Crippen LogP contribution in [0.1, 0.15) is 226 Å². The van der Waals surface area contributed by atoms with Crippen LogP contribution in [0.3, 0.4) is 0 Å². The quantitative estimate of drug-likeness (QED) is 0.0262. The molecule has 1 atom stereocenters. The standard InChI is InChI=1S/C61H98O6/c1-4-7-10-13-16-19-21-23-24-25-26-27-28-29-30-31-32-33-34-35-36-38-39-42-45-48-51-54-60(63)66-57-58(56-65-59(62)53-50-47-44-41-18-15-12-9-6-3)67-61(64)55-52-49-46-43-40-37-22-20-17-14-11-8-5-2/h7-8,10-11,16-17,19-20,23-24,26-27,29-30,32-33,37,40,46,49,58H,4-6,9,12-15,18,21-22,25,28,31,34-36,38-39,41-45,47-48,50-57H2,1-3H3/b10-7-,11-8-,19-16-,20-17-,24-23-,27-26-,30-29-,33-32-,40-37-,49-46-. The summed E-state index contributed by atoms with van der Waals surface area (Å²) in [5.74, 6) is -1.01. The average molecular weight is 927 g/mol. The molecule has 0 saturated carbocycles. The van der Waals surface area contributed by atoms with Gasteiger partial charge in [-0.1, -0.05) is 232 Å². The summed E-state index contributed by atoms with van der Waals surface area (Å²) in [6.07, 6.45) is 75.0. The molecular formula is C61H98O6. The van der Waals surface area contributed by atoms with Crippen LogP contribution >= 0.6 is 0 Å². The normalized spacial score (nSPS) is 13.1. The van der Waals surface area contributed by atoms with Gasteiger partial charge in [0.2, 0.25) is 0 Å². The number of carbonyl (C=O) groups is 3. The summed E-state index contributed by atoms with van der Waals surface area (Å²) >= 11 is 0. The molecule has 0 aliphatic heterocycles. The van der Waals surface area contributed by atoms with Gasteiger partial charge in [-0.2, -0.15) is 0 Å². The number of rotatable bonds is 47. The Kier molecular flexibility index (Phi) is 51.0. The fraction of sp³-hybridized carbons (Fsp3) is 0.623. The monoisotopic (exact) mass is 927 g/mol. The van der Waals surface area contributed by atoms with E-state index in [0.717, 1.165) is 109 Å². The van der Waals surface area contributed by atoms with Crippen LogP contribution in [0.2, 0.25) is 0 Å². The first-order valence-electron chi connectivity index (χ1n) is 27.0. The minimum Gasteiger partial charge on any atom is -0.462 e. The van der Waals surface area contributed by atoms with Crippen LogP contribution in [0.15, 0.2) is 122 Å². The van der Waals surface area contributed by atoms with Crippen LogP contribution in [-0.2, 0) is 28.6 Å². The molecule has 0 spiro atoms. The van der Waals surface area contributed by atoms with E-state index >= 15 is 0 Å². The zero-order chi connectivity index (χ0) is 48.6. The van der Waals surface area contributed by atoms with Crippen LogP contribution in [-0.4, -0.2) is 37.2 Å². The van der Waals surface area contributed by atoms with Gasteiger partial charge in [-0.3, -0.25) is 14.4 Å². The molecule has 6 heteroatoms. The highest BCUT2D eigenvalue weighted by atomic mass is 16.6. The molecule has 0 aliphatic rings. The van der Waals surface area contributed by atoms with E-state index in [1.165, 1.54) is 70.6 Å². The number of hydrogen-bond donors (Lipinski definition) is 0. The fourth-order valence-electron chi connectivity index (χ4n) is 6.99. The molecule has 67 heavy (non-hydrogen) atoms. The Morgan fingerprint density at radius 2 is 0.612 bits per heavy atom. The SMILES string of the molecule is CC/C=C\C/C=C\C/C=C\C/C=C\C/C=C\C/C=C\CCCCCCCCCCC(=O)OCC(COC(=O)CCCCCCCCCCC)OC(=O)CC/C=C\C/C=C\C/C=C\C/C=C\CC. The predicted molar refractivity (Wildman–Crippen MR) is 288 cm³/mol. The smallest absolute Gasteiger partial charge is 0.306 e. The van der Waals surface area contributed by atoms with E-state index in [9.17, 15) is 14.4 Å². The summed E-state index contributed by atoms with van der Waals surface area (Å²) in [7, 11) is 0. The summed E-state index contributed by atoms with van der Waals surface area (Å²) in [5, 5.41) is 0. The van der Waals surface area contributed by atoms with Crippen molar-refractivity contribution in [2.45, 2.75) is 232 Å². The number of hydrogen-bond acceptors (Lipinski definition) is 6. The van der Waals surface area contributed by atoms with Crippen molar-refractivity contribution in [3.8, 4) is 0 Å². The van der Waals surface area contributed by atoms with E-state index in [1.54, 1.807) is 0 Å². The van der Waals surface area contributed by atoms with Crippen LogP contribution in [0, 0.1) is 0 Å². The van der Waals surface area contributed by atoms with Gasteiger partial charge in [0.1, 0.15) is 13.2 Å². The summed E-state index contributed by atoms with van der Waals surface area (Å²) in [5.41, 5.74) is 0. The second-order valence-corrected chi connectivity index (χ2v) is 17.4. The van der Waals surface area contributed by atoms with Gasteiger partial charge in [0, 0.05) is 19.3 Å². The fourth-order valence-corrected chi connectivity index (χ4v) is 6.99. The van der Waals surface area contributed by atoms with Crippen molar-refractivity contribution >= 4 is 17.9 Å². The lowest BCUT2D eigenvalue weighted by atomic mass is 10.1. The molecule has 0 rings (SSSR count). The molecule has 0 bridgehead atoms. The van der Waals surface area contributed by atoms with Gasteiger partial charge in [-0.15, -0.1) is 0 Å². The average Bonchev–Trinajstić information content (AvgIpc) is 3.33. The molecule has 0 N–H and O–H groups in total. The van der Waals surface area contributed by atoms with E-state index in [0.29, 0.717) is 19.3 Å². The molecule has 6 nitrogen and oxygen atoms in total. The Balaban J connectivity index is 4.30. The van der Waals surface area contributed by atoms with Gasteiger partial charge in [-0.05, 0) is 96.3 Å². The van der Waals surface area contributed by atoms with E-state index in [4.69, 9.17) is 14.2 Å². The van der Waals surface area contributed by atoms with Crippen molar-refractivity contribution < 1.29 is 28.6 Å². The van der Waals surface area contributed by atoms with Crippen molar-refractivity contribution in [3.05, 3.63) is 122 Å². The van der Waals surface area contributed by atoms with Crippen LogP contribution in [0.25, 0.3) is 0 Å². The number of carbonyl (C=O) groups excluding carboxylic acids is 3. The zero-order valence-corrected chi connectivity index (χ0v) is 43.1. The minimum absolute atomic E-state index is 0.110. The summed E-state index contributed by atoms with van der Waals surface area (Å²) in [6.45, 7) is 6.30. The maximum absolute atomic E-state index is 12.7. The molecule has 0 radical (unpaired) electrons. The van der Waals surface area contributed by atoms with Gasteiger partial charge in [0.05, 0.1) is 0 Å². The van der Waals surface area contributed by atoms with Crippen molar-refractivity contribution in [1.29, 1.82) is 0 Å². The third-order valence-electron chi connectivity index (χ3n) is 11.0. The zero-order valence-electron chi connectivity index (χ0n) is 43.1. The van der Waals surface area contributed by atoms with E-state index in [-0.39, 0.29) is 31.6 Å². The highest BCUT2D eigenvalue weighted by Gasteiger charge is 2.19. The van der Waals surface area contributed by atoms with Crippen LogP contribution < -0.4 is 0 Å². The summed E-state index contributed by atoms with van der Waals surface area (Å²) in [6, 6.07) is 0. The van der Waals surface area contributed by atoms with Crippen molar-refractivity contribution in [2.24, 2.45) is 0 Å². The van der Waals surface area contributed by atoms with Gasteiger partial charge in [0.15, 0.2) is 6.10 Å². The first-order valence-corrected chi connectivity index (χ1v) is 27.0. The third kappa shape index (κ3) is 52.6. The number of ether oxygens (including phenoxy) is 3. The lowest BCUT2D eigenvalue weighted by Crippen LogP contribution is -2.30. The highest BCUT2D eigenvalue weighted by Crippen LogP contribution is 2.14. The second-order valence-electron chi connectivity index (χ2n) is 17.4. The van der Waals surface area contributed by atoms with E-state index in [2.05, 4.69) is 130 Å². The largest absolute Gasteiger partial charge is 0.462 e. The first kappa shape index (κ1) is 62.8. The molecule has 0 aromatic carbocycles. The lowest BCUT2D eigenvalue weighted by Gasteiger charge is -2.18. The van der Waals surface area contributed by atoms with Gasteiger partial charge < -0.3 is 14.2 Å². The molecule has 0 aliphatic carbocycles. The molecule has 1 unspecified atom stereocenters. The molecule has 378 valence electrons. The van der Waals surface area contributed by atoms with E-state index < -0.39 is 12.1 Å². The Bertz CT molecular complexity index is 1440. The van der Waals surface area contributed by atoms with Crippen LogP contribution in [0.5, 0.6) is 0 Å². The molecule has 0 fully saturated rings. The summed E-state index contributed by atoms with van der Waals surface area (Å²) < 4.78 is 16.7. The maximum Gasteiger partial charge on any atom is 0.306 e. The predicted octanol–water partition coefficient (Wildman–Crippen LogP) is 18.1. The number of unbranched alkanes of at least 4 members (excludes halogenated alkanes) is 16. The molecule has 0 aromatic rings. The topological polar surface area (TPSA) is 78.9 Å². The Morgan fingerprint density at radius 3 is 0.970 bits per heavy atom. The Hall–Kier alpha value is -4.19. The summed E-state index contributed by atoms with van der Waals surface area (Å²) in [4.78, 5) is 37.9. The van der Waals surface area contributed by atoms with Crippen molar-refractivity contribution in [2.75, 3.05) is 13.2 Å². The molecular weight excluding hydrogens is 829 g/mol. The van der Waals surface area contributed by atoms with Crippen molar-refractivity contribution in [3.63, 3.8) is 0 Å². The van der Waals surface area contributed by atoms with Crippen LogP contribution in [0.4, 0.5) is 0 Å². The second kappa shape index (κ2) is 54.4. The van der Waals surface area contributed by atoms with Gasteiger partial charge >= 0.3 is 17.9 Å². The number of esters is 3.